The Labute approximate surface area is 178 Å². The van der Waals surface area contributed by atoms with Crippen LogP contribution in [0.25, 0.3) is 20.8 Å². The molecule has 7 nitrogen and oxygen atoms in total. The molecule has 1 aliphatic rings. The average molecular weight is 421 g/mol. The second kappa shape index (κ2) is 9.15. The van der Waals surface area contributed by atoms with Gasteiger partial charge in [0.15, 0.2) is 0 Å². The maximum Gasteiger partial charge on any atom is 0.249 e. The number of aromatic nitrogens is 4. The molecule has 154 valence electrons. The molecule has 0 atom stereocenters. The number of H-pyrrole nitrogens is 1. The number of nitrogens with zero attached hydrogens (tertiary/aromatic N) is 3. The van der Waals surface area contributed by atoms with Crippen molar-refractivity contribution < 1.29 is 0 Å². The Hall–Kier alpha value is -3.10. The first kappa shape index (κ1) is 20.2. The molecule has 0 amide bonds. The summed E-state index contributed by atoms with van der Waals surface area (Å²) >= 11 is 1.59. The largest absolute Gasteiger partial charge is 0.326 e. The zero-order valence-electron chi connectivity index (χ0n) is 17.0. The molecule has 0 saturated carbocycles. The van der Waals surface area contributed by atoms with Crippen LogP contribution < -0.4 is 16.2 Å². The van der Waals surface area contributed by atoms with Crippen LogP contribution in [-0.2, 0) is 0 Å². The number of pyridine rings is 3. The van der Waals surface area contributed by atoms with Gasteiger partial charge in [0.2, 0.25) is 5.56 Å². The smallest absolute Gasteiger partial charge is 0.249 e. The highest BCUT2D eigenvalue weighted by Gasteiger charge is 2.09. The zero-order chi connectivity index (χ0) is 20.9. The van der Waals surface area contributed by atoms with Crippen molar-refractivity contribution in [1.29, 1.82) is 0 Å². The SMILES string of the molecule is C1CCNC1.Cc1cc(Nc2cc3nc(-c4ccnc(C)c4)sc3cn2)[nH]c(=O)c1. The van der Waals surface area contributed by atoms with E-state index in [-0.39, 0.29) is 5.56 Å². The lowest BCUT2D eigenvalue weighted by molar-refractivity contribution is 0.857. The minimum Gasteiger partial charge on any atom is -0.326 e. The highest BCUT2D eigenvalue weighted by Crippen LogP contribution is 2.31. The molecular weight excluding hydrogens is 396 g/mol. The number of thiazole rings is 1. The van der Waals surface area contributed by atoms with Crippen LogP contribution in [0.1, 0.15) is 24.1 Å². The number of nitrogens with one attached hydrogen (secondary N) is 3. The molecule has 0 radical (unpaired) electrons. The summed E-state index contributed by atoms with van der Waals surface area (Å²) in [4.78, 5) is 27.7. The molecule has 3 N–H and O–H groups in total. The van der Waals surface area contributed by atoms with Gasteiger partial charge < -0.3 is 15.6 Å². The molecule has 1 saturated heterocycles. The van der Waals surface area contributed by atoms with Crippen LogP contribution in [0.5, 0.6) is 0 Å². The van der Waals surface area contributed by atoms with E-state index in [0.717, 1.165) is 32.0 Å². The van der Waals surface area contributed by atoms with Crippen molar-refractivity contribution in [3.8, 4) is 10.6 Å². The lowest BCUT2D eigenvalue weighted by Gasteiger charge is -2.05. The van der Waals surface area contributed by atoms with Crippen molar-refractivity contribution in [1.82, 2.24) is 25.3 Å². The molecule has 0 bridgehead atoms. The lowest BCUT2D eigenvalue weighted by Crippen LogP contribution is -2.08. The van der Waals surface area contributed by atoms with E-state index >= 15 is 0 Å². The summed E-state index contributed by atoms with van der Waals surface area (Å²) in [5.41, 5.74) is 3.61. The van der Waals surface area contributed by atoms with Crippen molar-refractivity contribution in [3.05, 3.63) is 64.3 Å². The van der Waals surface area contributed by atoms with Crippen molar-refractivity contribution in [2.45, 2.75) is 26.7 Å². The summed E-state index contributed by atoms with van der Waals surface area (Å²) in [5.74, 6) is 1.24. The van der Waals surface area contributed by atoms with Crippen LogP contribution in [0.3, 0.4) is 0 Å². The van der Waals surface area contributed by atoms with E-state index in [0.29, 0.717) is 11.6 Å². The molecule has 30 heavy (non-hydrogen) atoms. The normalized spacial score (nSPS) is 13.1. The molecule has 0 aliphatic carbocycles. The number of aromatic amines is 1. The molecule has 5 heterocycles. The van der Waals surface area contributed by atoms with Crippen LogP contribution in [0.4, 0.5) is 11.6 Å². The fourth-order valence-corrected chi connectivity index (χ4v) is 4.13. The minimum absolute atomic E-state index is 0.146. The molecule has 4 aromatic heterocycles. The lowest BCUT2D eigenvalue weighted by atomic mass is 10.2. The molecule has 5 rings (SSSR count). The Morgan fingerprint density at radius 1 is 1.07 bits per heavy atom. The van der Waals surface area contributed by atoms with Gasteiger partial charge in [-0.15, -0.1) is 11.3 Å². The zero-order valence-corrected chi connectivity index (χ0v) is 17.8. The fourth-order valence-electron chi connectivity index (χ4n) is 3.22. The van der Waals surface area contributed by atoms with Gasteiger partial charge in [-0.05, 0) is 63.5 Å². The van der Waals surface area contributed by atoms with Crippen LogP contribution in [0, 0.1) is 13.8 Å². The third kappa shape index (κ3) is 5.08. The molecule has 0 aromatic carbocycles. The van der Waals surface area contributed by atoms with E-state index < -0.39 is 0 Å². The van der Waals surface area contributed by atoms with Crippen LogP contribution in [-0.4, -0.2) is 33.0 Å². The number of hydrogen-bond donors (Lipinski definition) is 3. The van der Waals surface area contributed by atoms with Crippen LogP contribution in [0.15, 0.2) is 47.5 Å². The molecule has 1 aliphatic heterocycles. The van der Waals surface area contributed by atoms with Gasteiger partial charge in [-0.25, -0.2) is 9.97 Å². The molecule has 4 aromatic rings. The molecule has 0 unspecified atom stereocenters. The van der Waals surface area contributed by atoms with Gasteiger partial charge >= 0.3 is 0 Å². The van der Waals surface area contributed by atoms with Gasteiger partial charge in [0.05, 0.1) is 10.2 Å². The third-order valence-electron chi connectivity index (χ3n) is 4.63. The maximum absolute atomic E-state index is 11.6. The number of fused-ring (bicyclic) bond motifs is 1. The van der Waals surface area contributed by atoms with E-state index in [4.69, 9.17) is 4.98 Å². The standard InChI is InChI=1S/C18H15N5OS.C4H9N/c1-10-5-16(23-17(24)6-10)22-15-8-13-14(9-20-15)25-18(21-13)12-3-4-19-11(2)7-12;1-2-4-5-3-1/h3-9H,1-2H3,(H2,20,22,23,24);5H,1-4H2. The molecular formula is C22H24N6OS. The first-order valence-corrected chi connectivity index (χ1v) is 10.8. The highest BCUT2D eigenvalue weighted by atomic mass is 32.1. The van der Waals surface area contributed by atoms with Gasteiger partial charge in [0.25, 0.3) is 0 Å². The van der Waals surface area contributed by atoms with E-state index in [2.05, 4.69) is 25.6 Å². The van der Waals surface area contributed by atoms with Crippen molar-refractivity contribution in [2.24, 2.45) is 0 Å². The van der Waals surface area contributed by atoms with Crippen molar-refractivity contribution >= 4 is 33.2 Å². The Bertz CT molecular complexity index is 1200. The topological polar surface area (TPSA) is 95.6 Å². The van der Waals surface area contributed by atoms with E-state index in [1.807, 2.05) is 38.1 Å². The monoisotopic (exact) mass is 420 g/mol. The number of anilines is 2. The molecule has 1 fully saturated rings. The number of rotatable bonds is 3. The quantitative estimate of drug-likeness (QED) is 0.460. The minimum atomic E-state index is -0.146. The van der Waals surface area contributed by atoms with E-state index in [9.17, 15) is 4.79 Å². The summed E-state index contributed by atoms with van der Waals surface area (Å²) in [6, 6.07) is 9.26. The van der Waals surface area contributed by atoms with Crippen LogP contribution >= 0.6 is 11.3 Å². The van der Waals surface area contributed by atoms with Crippen molar-refractivity contribution in [3.63, 3.8) is 0 Å². The van der Waals surface area contributed by atoms with Gasteiger partial charge in [0, 0.05) is 35.8 Å². The molecule has 8 heteroatoms. The Morgan fingerprint density at radius 3 is 2.60 bits per heavy atom. The number of hydrogen-bond acceptors (Lipinski definition) is 7. The Balaban J connectivity index is 0.000000383. The highest BCUT2D eigenvalue weighted by molar-refractivity contribution is 7.21. The predicted molar refractivity (Wildman–Crippen MR) is 123 cm³/mol. The third-order valence-corrected chi connectivity index (χ3v) is 5.68. The second-order valence-corrected chi connectivity index (χ2v) is 8.29. The fraction of sp³-hybridized carbons (Fsp3) is 0.273. The van der Waals surface area contributed by atoms with Gasteiger partial charge in [-0.2, -0.15) is 0 Å². The predicted octanol–water partition coefficient (Wildman–Crippen LogP) is 4.17. The molecule has 0 spiro atoms. The Kier molecular flexibility index (Phi) is 6.15. The van der Waals surface area contributed by atoms with Gasteiger partial charge in [-0.1, -0.05) is 0 Å². The van der Waals surface area contributed by atoms with Crippen LogP contribution in [0.2, 0.25) is 0 Å². The van der Waals surface area contributed by atoms with Crippen molar-refractivity contribution in [2.75, 3.05) is 18.4 Å². The van der Waals surface area contributed by atoms with E-state index in [1.54, 1.807) is 29.8 Å². The summed E-state index contributed by atoms with van der Waals surface area (Å²) in [6.07, 6.45) is 6.36. The first-order valence-electron chi connectivity index (χ1n) is 9.95. The average Bonchev–Trinajstić information content (AvgIpc) is 3.40. The number of aryl methyl sites for hydroxylation is 2. The first-order chi connectivity index (χ1) is 14.6. The van der Waals surface area contributed by atoms with Gasteiger partial charge in [-0.3, -0.25) is 9.78 Å². The summed E-state index contributed by atoms with van der Waals surface area (Å²) in [6.45, 7) is 6.34. The summed E-state index contributed by atoms with van der Waals surface area (Å²) < 4.78 is 1.01. The van der Waals surface area contributed by atoms with E-state index in [1.165, 1.54) is 25.9 Å². The second-order valence-electron chi connectivity index (χ2n) is 7.26. The Morgan fingerprint density at radius 2 is 1.90 bits per heavy atom. The maximum atomic E-state index is 11.6. The summed E-state index contributed by atoms with van der Waals surface area (Å²) in [7, 11) is 0. The summed E-state index contributed by atoms with van der Waals surface area (Å²) in [5, 5.41) is 7.28. The van der Waals surface area contributed by atoms with Gasteiger partial charge in [0.1, 0.15) is 16.6 Å².